The Morgan fingerprint density at radius 2 is 2.10 bits per heavy atom. The number of fused-ring (bicyclic) bond motifs is 1. The van der Waals surface area contributed by atoms with E-state index in [0.717, 1.165) is 5.69 Å². The number of aliphatic carboxylic acids is 1. The molecule has 1 unspecified atom stereocenters. The van der Waals surface area contributed by atoms with Crippen molar-refractivity contribution in [2.24, 2.45) is 0 Å². The number of carboxylic acids is 1. The molecule has 0 spiro atoms. The van der Waals surface area contributed by atoms with Crippen LogP contribution in [0, 0.1) is 13.8 Å². The molecule has 21 heavy (non-hydrogen) atoms. The molecular weight excluding hydrogens is 272 g/mol. The van der Waals surface area contributed by atoms with Gasteiger partial charge in [-0.25, -0.2) is 14.3 Å². The molecule has 7 nitrogen and oxygen atoms in total. The number of nitrogens with zero attached hydrogens (tertiary/aromatic N) is 4. The molecule has 0 saturated heterocycles. The molecule has 2 aromatic heterocycles. The molecule has 0 aromatic carbocycles. The van der Waals surface area contributed by atoms with E-state index in [9.17, 15) is 9.59 Å². The third kappa shape index (κ3) is 2.58. The highest BCUT2D eigenvalue weighted by atomic mass is 16.4. The second-order valence-corrected chi connectivity index (χ2v) is 4.99. The smallest absolute Gasteiger partial charge is 0.326 e. The molecule has 1 atom stereocenters. The lowest BCUT2D eigenvalue weighted by molar-refractivity contribution is -0.142. The fraction of sp³-hybridized carbons (Fsp3) is 0.429. The van der Waals surface area contributed by atoms with Crippen LogP contribution in [-0.4, -0.2) is 49.6 Å². The van der Waals surface area contributed by atoms with Gasteiger partial charge in [-0.05, 0) is 20.3 Å². The molecule has 0 radical (unpaired) electrons. The second-order valence-electron chi connectivity index (χ2n) is 4.99. The average molecular weight is 290 g/mol. The predicted molar refractivity (Wildman–Crippen MR) is 76.3 cm³/mol. The zero-order valence-electron chi connectivity index (χ0n) is 12.5. The van der Waals surface area contributed by atoms with E-state index in [2.05, 4.69) is 10.1 Å². The van der Waals surface area contributed by atoms with E-state index in [0.29, 0.717) is 23.3 Å². The highest BCUT2D eigenvalue weighted by molar-refractivity contribution is 5.97. The van der Waals surface area contributed by atoms with Gasteiger partial charge in [0.1, 0.15) is 6.04 Å². The zero-order valence-corrected chi connectivity index (χ0v) is 12.5. The summed E-state index contributed by atoms with van der Waals surface area (Å²) in [6, 6.07) is 0.962. The molecule has 2 heterocycles. The summed E-state index contributed by atoms with van der Waals surface area (Å²) >= 11 is 0. The van der Waals surface area contributed by atoms with E-state index in [1.807, 2.05) is 13.0 Å². The minimum atomic E-state index is -1.02. The highest BCUT2D eigenvalue weighted by Gasteiger charge is 2.27. The minimum absolute atomic E-state index is 0.340. The molecule has 2 rings (SSSR count). The Balaban J connectivity index is 2.43. The molecule has 1 N–H and O–H groups in total. The van der Waals surface area contributed by atoms with Gasteiger partial charge in [0, 0.05) is 19.3 Å². The van der Waals surface area contributed by atoms with Gasteiger partial charge in [-0.3, -0.25) is 4.79 Å². The quantitative estimate of drug-likeness (QED) is 0.916. The standard InChI is InChI=1S/C14H18N4O3/c1-5-11(14(20)21)17(4)13(19)10-7-15-12-6-8(2)16-18(12)9(10)3/h6-7,11H,5H2,1-4H3,(H,20,21). The van der Waals surface area contributed by atoms with Crippen molar-refractivity contribution >= 4 is 17.5 Å². The summed E-state index contributed by atoms with van der Waals surface area (Å²) in [5, 5.41) is 13.4. The molecule has 112 valence electrons. The molecule has 7 heteroatoms. The maximum atomic E-state index is 12.5. The molecule has 0 aliphatic rings. The Hall–Kier alpha value is -2.44. The van der Waals surface area contributed by atoms with E-state index in [-0.39, 0.29) is 5.91 Å². The Morgan fingerprint density at radius 1 is 1.43 bits per heavy atom. The van der Waals surface area contributed by atoms with Crippen LogP contribution in [0.4, 0.5) is 0 Å². The first-order valence-electron chi connectivity index (χ1n) is 6.68. The number of amides is 1. The molecule has 0 aliphatic heterocycles. The fourth-order valence-corrected chi connectivity index (χ4v) is 2.32. The predicted octanol–water partition coefficient (Wildman–Crippen LogP) is 1.28. The Kier molecular flexibility index (Phi) is 3.93. The summed E-state index contributed by atoms with van der Waals surface area (Å²) in [6.07, 6.45) is 1.81. The normalized spacial score (nSPS) is 12.4. The van der Waals surface area contributed by atoms with Gasteiger partial charge < -0.3 is 10.0 Å². The number of aryl methyl sites for hydroxylation is 2. The van der Waals surface area contributed by atoms with Crippen molar-refractivity contribution in [2.45, 2.75) is 33.2 Å². The lowest BCUT2D eigenvalue weighted by Gasteiger charge is -2.24. The number of carbonyl (C=O) groups excluding carboxylic acids is 1. The van der Waals surface area contributed by atoms with Gasteiger partial charge in [0.2, 0.25) is 0 Å². The van der Waals surface area contributed by atoms with Crippen LogP contribution in [0.25, 0.3) is 5.65 Å². The van der Waals surface area contributed by atoms with Crippen LogP contribution in [0.3, 0.4) is 0 Å². The van der Waals surface area contributed by atoms with E-state index in [1.165, 1.54) is 18.1 Å². The van der Waals surface area contributed by atoms with Crippen molar-refractivity contribution in [1.82, 2.24) is 19.5 Å². The van der Waals surface area contributed by atoms with Crippen LogP contribution in [0.2, 0.25) is 0 Å². The Morgan fingerprint density at radius 3 is 2.67 bits per heavy atom. The summed E-state index contributed by atoms with van der Waals surface area (Å²) in [7, 11) is 1.49. The Bertz CT molecular complexity index is 708. The molecule has 2 aromatic rings. The fourth-order valence-electron chi connectivity index (χ4n) is 2.32. The van der Waals surface area contributed by atoms with E-state index >= 15 is 0 Å². The number of aromatic nitrogens is 3. The SMILES string of the molecule is CCC(C(=O)O)N(C)C(=O)c1cnc2cc(C)nn2c1C. The maximum absolute atomic E-state index is 12.5. The van der Waals surface area contributed by atoms with Gasteiger partial charge >= 0.3 is 5.97 Å². The number of hydrogen-bond donors (Lipinski definition) is 1. The maximum Gasteiger partial charge on any atom is 0.326 e. The number of carbonyl (C=O) groups is 2. The molecule has 0 bridgehead atoms. The van der Waals surface area contributed by atoms with Crippen LogP contribution < -0.4 is 0 Å². The van der Waals surface area contributed by atoms with Crippen molar-refractivity contribution in [3.63, 3.8) is 0 Å². The van der Waals surface area contributed by atoms with Crippen molar-refractivity contribution in [3.05, 3.63) is 29.2 Å². The van der Waals surface area contributed by atoms with Crippen LogP contribution in [-0.2, 0) is 4.79 Å². The minimum Gasteiger partial charge on any atom is -0.480 e. The zero-order chi connectivity index (χ0) is 15.7. The topological polar surface area (TPSA) is 87.8 Å². The van der Waals surface area contributed by atoms with Crippen LogP contribution >= 0.6 is 0 Å². The number of hydrogen-bond acceptors (Lipinski definition) is 4. The summed E-state index contributed by atoms with van der Waals surface area (Å²) in [4.78, 5) is 29.1. The summed E-state index contributed by atoms with van der Waals surface area (Å²) in [5.74, 6) is -1.39. The first kappa shape index (κ1) is 15.0. The lowest BCUT2D eigenvalue weighted by Crippen LogP contribution is -2.42. The average Bonchev–Trinajstić information content (AvgIpc) is 2.80. The van der Waals surface area contributed by atoms with Crippen molar-refractivity contribution in [2.75, 3.05) is 7.05 Å². The molecular formula is C14H18N4O3. The van der Waals surface area contributed by atoms with Crippen LogP contribution in [0.1, 0.15) is 35.1 Å². The van der Waals surface area contributed by atoms with E-state index in [4.69, 9.17) is 5.11 Å². The largest absolute Gasteiger partial charge is 0.480 e. The molecule has 1 amide bonds. The van der Waals surface area contributed by atoms with E-state index < -0.39 is 12.0 Å². The lowest BCUT2D eigenvalue weighted by atomic mass is 10.1. The van der Waals surface area contributed by atoms with Crippen molar-refractivity contribution < 1.29 is 14.7 Å². The van der Waals surface area contributed by atoms with Crippen LogP contribution in [0.15, 0.2) is 12.3 Å². The van der Waals surface area contributed by atoms with Gasteiger partial charge in [0.15, 0.2) is 5.65 Å². The van der Waals surface area contributed by atoms with Gasteiger partial charge in [-0.2, -0.15) is 5.10 Å². The Labute approximate surface area is 122 Å². The third-order valence-electron chi connectivity index (χ3n) is 3.54. The molecule has 0 aliphatic carbocycles. The first-order chi connectivity index (χ1) is 9.86. The number of carboxylic acid groups (broad SMARTS) is 1. The molecule has 0 fully saturated rings. The van der Waals surface area contributed by atoms with Gasteiger partial charge in [-0.15, -0.1) is 0 Å². The van der Waals surface area contributed by atoms with E-state index in [1.54, 1.807) is 18.4 Å². The van der Waals surface area contributed by atoms with Gasteiger partial charge in [-0.1, -0.05) is 6.92 Å². The molecule has 0 saturated carbocycles. The van der Waals surface area contributed by atoms with Gasteiger partial charge in [0.25, 0.3) is 5.91 Å². The summed E-state index contributed by atoms with van der Waals surface area (Å²) in [6.45, 7) is 5.34. The summed E-state index contributed by atoms with van der Waals surface area (Å²) < 4.78 is 1.60. The number of rotatable bonds is 4. The second kappa shape index (κ2) is 5.51. The first-order valence-corrected chi connectivity index (χ1v) is 6.68. The van der Waals surface area contributed by atoms with Crippen molar-refractivity contribution in [1.29, 1.82) is 0 Å². The summed E-state index contributed by atoms with van der Waals surface area (Å²) in [5.41, 5.74) is 2.47. The van der Waals surface area contributed by atoms with Crippen molar-refractivity contribution in [3.8, 4) is 0 Å². The highest BCUT2D eigenvalue weighted by Crippen LogP contribution is 2.15. The number of likely N-dealkylation sites (N-methyl/N-ethyl adjacent to an activating group) is 1. The third-order valence-corrected chi connectivity index (χ3v) is 3.54. The monoisotopic (exact) mass is 290 g/mol. The van der Waals surface area contributed by atoms with Gasteiger partial charge in [0.05, 0.1) is 17.0 Å². The van der Waals surface area contributed by atoms with Crippen LogP contribution in [0.5, 0.6) is 0 Å².